The van der Waals surface area contributed by atoms with E-state index in [0.29, 0.717) is 13.2 Å². The standard InChI is InChI=1S/C11H12ClF3N2OS/c1-18-5-4-16-10(19)17-9-3-2-7(12)6-8(9)11(13,14)15/h2-3,6H,4-5H2,1H3,(H2,16,17,19). The number of anilines is 1. The third-order valence-electron chi connectivity index (χ3n) is 2.13. The normalized spacial score (nSPS) is 11.2. The maximum absolute atomic E-state index is 12.8. The molecule has 0 saturated heterocycles. The fourth-order valence-electron chi connectivity index (χ4n) is 1.29. The van der Waals surface area contributed by atoms with Gasteiger partial charge in [-0.05, 0) is 30.4 Å². The van der Waals surface area contributed by atoms with Gasteiger partial charge in [-0.3, -0.25) is 0 Å². The Labute approximate surface area is 119 Å². The molecular weight excluding hydrogens is 301 g/mol. The molecule has 1 aromatic carbocycles. The first-order valence-corrected chi connectivity index (χ1v) is 6.03. The molecule has 0 aromatic heterocycles. The minimum Gasteiger partial charge on any atom is -0.383 e. The first kappa shape index (κ1) is 16.0. The molecule has 0 atom stereocenters. The summed E-state index contributed by atoms with van der Waals surface area (Å²) in [6.45, 7) is 0.797. The zero-order valence-corrected chi connectivity index (χ0v) is 11.5. The van der Waals surface area contributed by atoms with Crippen LogP contribution < -0.4 is 10.6 Å². The van der Waals surface area contributed by atoms with E-state index >= 15 is 0 Å². The summed E-state index contributed by atoms with van der Waals surface area (Å²) >= 11 is 10.5. The molecule has 1 aromatic rings. The van der Waals surface area contributed by atoms with Crippen LogP contribution >= 0.6 is 23.8 Å². The summed E-state index contributed by atoms with van der Waals surface area (Å²) in [6.07, 6.45) is -4.50. The van der Waals surface area contributed by atoms with Crippen molar-refractivity contribution in [2.24, 2.45) is 0 Å². The van der Waals surface area contributed by atoms with Gasteiger partial charge in [-0.25, -0.2) is 0 Å². The molecule has 0 aliphatic heterocycles. The topological polar surface area (TPSA) is 33.3 Å². The minimum atomic E-state index is -4.50. The predicted molar refractivity (Wildman–Crippen MR) is 72.6 cm³/mol. The van der Waals surface area contributed by atoms with Crippen molar-refractivity contribution < 1.29 is 17.9 Å². The molecule has 0 saturated carbocycles. The number of benzene rings is 1. The summed E-state index contributed by atoms with van der Waals surface area (Å²) in [5, 5.41) is 5.31. The molecular formula is C11H12ClF3N2OS. The smallest absolute Gasteiger partial charge is 0.383 e. The van der Waals surface area contributed by atoms with Crippen molar-refractivity contribution in [1.82, 2.24) is 5.32 Å². The summed E-state index contributed by atoms with van der Waals surface area (Å²) in [7, 11) is 1.51. The summed E-state index contributed by atoms with van der Waals surface area (Å²) < 4.78 is 43.2. The van der Waals surface area contributed by atoms with E-state index < -0.39 is 11.7 Å². The first-order valence-electron chi connectivity index (χ1n) is 5.25. The lowest BCUT2D eigenvalue weighted by atomic mass is 10.1. The van der Waals surface area contributed by atoms with Crippen molar-refractivity contribution in [3.63, 3.8) is 0 Å². The van der Waals surface area contributed by atoms with E-state index in [0.717, 1.165) is 6.07 Å². The van der Waals surface area contributed by atoms with Crippen LogP contribution in [0, 0.1) is 0 Å². The lowest BCUT2D eigenvalue weighted by molar-refractivity contribution is -0.136. The Morgan fingerprint density at radius 2 is 2.11 bits per heavy atom. The monoisotopic (exact) mass is 312 g/mol. The van der Waals surface area contributed by atoms with Gasteiger partial charge < -0.3 is 15.4 Å². The molecule has 106 valence electrons. The number of methoxy groups -OCH3 is 1. The number of halogens is 4. The van der Waals surface area contributed by atoms with Gasteiger partial charge in [0.25, 0.3) is 0 Å². The van der Waals surface area contributed by atoms with Crippen LogP contribution in [0.2, 0.25) is 5.02 Å². The van der Waals surface area contributed by atoms with Gasteiger partial charge in [0.15, 0.2) is 5.11 Å². The van der Waals surface area contributed by atoms with Crippen LogP contribution in [-0.2, 0) is 10.9 Å². The number of ether oxygens (including phenoxy) is 1. The molecule has 19 heavy (non-hydrogen) atoms. The molecule has 0 heterocycles. The quantitative estimate of drug-likeness (QED) is 0.660. The van der Waals surface area contributed by atoms with Gasteiger partial charge in [-0.15, -0.1) is 0 Å². The van der Waals surface area contributed by atoms with Gasteiger partial charge in [-0.2, -0.15) is 13.2 Å². The average Bonchev–Trinajstić information content (AvgIpc) is 2.30. The molecule has 0 unspecified atom stereocenters. The highest BCUT2D eigenvalue weighted by atomic mass is 35.5. The Balaban J connectivity index is 2.80. The molecule has 0 aliphatic carbocycles. The van der Waals surface area contributed by atoms with E-state index in [1.807, 2.05) is 0 Å². The Kier molecular flexibility index (Phi) is 5.84. The largest absolute Gasteiger partial charge is 0.418 e. The van der Waals surface area contributed by atoms with Crippen LogP contribution in [0.3, 0.4) is 0 Å². The number of hydrogen-bond acceptors (Lipinski definition) is 2. The van der Waals surface area contributed by atoms with Crippen LogP contribution in [0.25, 0.3) is 0 Å². The second kappa shape index (κ2) is 6.93. The van der Waals surface area contributed by atoms with Gasteiger partial charge >= 0.3 is 6.18 Å². The summed E-state index contributed by atoms with van der Waals surface area (Å²) in [5.41, 5.74) is -1.01. The predicted octanol–water partition coefficient (Wildman–Crippen LogP) is 3.29. The SMILES string of the molecule is COCCNC(=S)Nc1ccc(Cl)cc1C(F)(F)F. The van der Waals surface area contributed by atoms with Crippen molar-refractivity contribution in [2.75, 3.05) is 25.6 Å². The Bertz CT molecular complexity index is 454. The lowest BCUT2D eigenvalue weighted by Crippen LogP contribution is -2.31. The highest BCUT2D eigenvalue weighted by molar-refractivity contribution is 7.80. The summed E-state index contributed by atoms with van der Waals surface area (Å²) in [6, 6.07) is 3.44. The Hall–Kier alpha value is -1.05. The van der Waals surface area contributed by atoms with Gasteiger partial charge in [0.05, 0.1) is 17.9 Å². The van der Waals surface area contributed by atoms with Crippen LogP contribution in [0.15, 0.2) is 18.2 Å². The maximum atomic E-state index is 12.8. The van der Waals surface area contributed by atoms with E-state index in [9.17, 15) is 13.2 Å². The third kappa shape index (κ3) is 5.22. The summed E-state index contributed by atoms with van der Waals surface area (Å²) in [5.74, 6) is 0. The van der Waals surface area contributed by atoms with Gasteiger partial charge in [0, 0.05) is 18.7 Å². The van der Waals surface area contributed by atoms with E-state index in [1.165, 1.54) is 19.2 Å². The zero-order valence-electron chi connectivity index (χ0n) is 9.97. The second-order valence-corrected chi connectivity index (χ2v) is 4.41. The first-order chi connectivity index (χ1) is 8.84. The van der Waals surface area contributed by atoms with Crippen LogP contribution in [0.4, 0.5) is 18.9 Å². The number of thiocarbonyl (C=S) groups is 1. The van der Waals surface area contributed by atoms with Crippen molar-refractivity contribution in [1.29, 1.82) is 0 Å². The Morgan fingerprint density at radius 3 is 2.68 bits per heavy atom. The molecule has 0 fully saturated rings. The summed E-state index contributed by atoms with van der Waals surface area (Å²) in [4.78, 5) is 0. The van der Waals surface area contributed by atoms with Gasteiger partial charge in [0.1, 0.15) is 0 Å². The van der Waals surface area contributed by atoms with Crippen molar-refractivity contribution in [2.45, 2.75) is 6.18 Å². The number of nitrogens with one attached hydrogen (secondary N) is 2. The van der Waals surface area contributed by atoms with Crippen LogP contribution in [0.5, 0.6) is 0 Å². The van der Waals surface area contributed by atoms with Gasteiger partial charge in [0.2, 0.25) is 0 Å². The van der Waals surface area contributed by atoms with E-state index in [1.54, 1.807) is 0 Å². The fraction of sp³-hybridized carbons (Fsp3) is 0.364. The molecule has 2 N–H and O–H groups in total. The minimum absolute atomic E-state index is 0.0103. The van der Waals surface area contributed by atoms with Crippen LogP contribution in [-0.4, -0.2) is 25.4 Å². The van der Waals surface area contributed by atoms with Crippen LogP contribution in [0.1, 0.15) is 5.56 Å². The van der Waals surface area contributed by atoms with Gasteiger partial charge in [-0.1, -0.05) is 11.6 Å². The van der Waals surface area contributed by atoms with Crippen molar-refractivity contribution in [3.8, 4) is 0 Å². The molecule has 0 amide bonds. The van der Waals surface area contributed by atoms with E-state index in [4.69, 9.17) is 28.6 Å². The second-order valence-electron chi connectivity index (χ2n) is 3.56. The molecule has 0 bridgehead atoms. The number of rotatable bonds is 4. The third-order valence-corrected chi connectivity index (χ3v) is 2.61. The molecule has 8 heteroatoms. The number of hydrogen-bond donors (Lipinski definition) is 2. The molecule has 1 rings (SSSR count). The Morgan fingerprint density at radius 1 is 1.42 bits per heavy atom. The average molecular weight is 313 g/mol. The van der Waals surface area contributed by atoms with Crippen molar-refractivity contribution >= 4 is 34.6 Å². The van der Waals surface area contributed by atoms with E-state index in [2.05, 4.69) is 10.6 Å². The van der Waals surface area contributed by atoms with Crippen molar-refractivity contribution in [3.05, 3.63) is 28.8 Å². The zero-order chi connectivity index (χ0) is 14.5. The maximum Gasteiger partial charge on any atom is 0.418 e. The lowest BCUT2D eigenvalue weighted by Gasteiger charge is -2.16. The highest BCUT2D eigenvalue weighted by Gasteiger charge is 2.33. The fourth-order valence-corrected chi connectivity index (χ4v) is 1.68. The highest BCUT2D eigenvalue weighted by Crippen LogP contribution is 2.36. The molecule has 0 aliphatic rings. The molecule has 3 nitrogen and oxygen atoms in total. The molecule has 0 spiro atoms. The molecule has 0 radical (unpaired) electrons. The number of alkyl halides is 3. The van der Waals surface area contributed by atoms with E-state index in [-0.39, 0.29) is 15.8 Å².